The predicted molar refractivity (Wildman–Crippen MR) is 72.2 cm³/mol. The van der Waals surface area contributed by atoms with Gasteiger partial charge in [0.1, 0.15) is 10.7 Å². The molecule has 3 rings (SSSR count). The maximum Gasteiger partial charge on any atom is 0.246 e. The van der Waals surface area contributed by atoms with Crippen LogP contribution in [0.5, 0.6) is 0 Å². The number of halogens is 3. The van der Waals surface area contributed by atoms with E-state index in [1.165, 1.54) is 4.31 Å². The number of hydrogen-bond donors (Lipinski definition) is 0. The molecule has 2 fully saturated rings. The highest BCUT2D eigenvalue weighted by Gasteiger charge is 2.41. The zero-order valence-electron chi connectivity index (χ0n) is 11.8. The van der Waals surface area contributed by atoms with Crippen LogP contribution in [0.2, 0.25) is 0 Å². The first-order chi connectivity index (χ1) is 10.4. The van der Waals surface area contributed by atoms with Crippen molar-refractivity contribution in [2.45, 2.75) is 30.2 Å². The minimum atomic E-state index is -4.20. The summed E-state index contributed by atoms with van der Waals surface area (Å²) in [7, 11) is -4.20. The van der Waals surface area contributed by atoms with E-state index in [4.69, 9.17) is 4.74 Å². The molecular formula is C14H16F3NO3S. The van der Waals surface area contributed by atoms with Crippen molar-refractivity contribution in [2.75, 3.05) is 19.8 Å². The Labute approximate surface area is 126 Å². The molecule has 0 bridgehead atoms. The summed E-state index contributed by atoms with van der Waals surface area (Å²) in [6, 6.07) is 0.491. The van der Waals surface area contributed by atoms with E-state index in [-0.39, 0.29) is 24.6 Å². The molecule has 1 aromatic rings. The van der Waals surface area contributed by atoms with Gasteiger partial charge in [-0.05, 0) is 31.2 Å². The summed E-state index contributed by atoms with van der Waals surface area (Å²) in [5, 5.41) is 0. The SMILES string of the molecule is O=S(=O)(c1cc(F)c(F)cc1F)N(C[C@@H]1CCOC1)C1CC1. The van der Waals surface area contributed by atoms with Gasteiger partial charge in [-0.1, -0.05) is 0 Å². The molecule has 0 radical (unpaired) electrons. The predicted octanol–water partition coefficient (Wildman–Crippen LogP) is 2.29. The molecule has 1 saturated carbocycles. The quantitative estimate of drug-likeness (QED) is 0.776. The van der Waals surface area contributed by atoms with Gasteiger partial charge in [-0.25, -0.2) is 21.6 Å². The second kappa shape index (κ2) is 5.82. The molecular weight excluding hydrogens is 319 g/mol. The number of nitrogens with zero attached hydrogens (tertiary/aromatic N) is 1. The van der Waals surface area contributed by atoms with Crippen LogP contribution in [-0.2, 0) is 14.8 Å². The van der Waals surface area contributed by atoms with Crippen LogP contribution in [0, 0.1) is 23.4 Å². The van der Waals surface area contributed by atoms with Gasteiger partial charge < -0.3 is 4.74 Å². The van der Waals surface area contributed by atoms with Crippen molar-refractivity contribution >= 4 is 10.0 Å². The molecule has 0 aromatic heterocycles. The third kappa shape index (κ3) is 3.00. The van der Waals surface area contributed by atoms with E-state index in [1.54, 1.807) is 0 Å². The summed E-state index contributed by atoms with van der Waals surface area (Å²) in [6.45, 7) is 1.24. The van der Waals surface area contributed by atoms with Crippen molar-refractivity contribution in [3.8, 4) is 0 Å². The second-order valence-electron chi connectivity index (χ2n) is 5.73. The molecule has 0 spiro atoms. The van der Waals surface area contributed by atoms with Crippen LogP contribution in [0.4, 0.5) is 13.2 Å². The topological polar surface area (TPSA) is 46.6 Å². The minimum absolute atomic E-state index is 0.0451. The lowest BCUT2D eigenvalue weighted by Crippen LogP contribution is -2.38. The largest absolute Gasteiger partial charge is 0.381 e. The van der Waals surface area contributed by atoms with Gasteiger partial charge in [-0.15, -0.1) is 0 Å². The fourth-order valence-corrected chi connectivity index (χ4v) is 4.44. The minimum Gasteiger partial charge on any atom is -0.381 e. The van der Waals surface area contributed by atoms with E-state index in [0.717, 1.165) is 6.42 Å². The third-order valence-corrected chi connectivity index (χ3v) is 5.91. The summed E-state index contributed by atoms with van der Waals surface area (Å²) in [5.74, 6) is -4.01. The molecule has 0 N–H and O–H groups in total. The first-order valence-corrected chi connectivity index (χ1v) is 8.57. The number of rotatable bonds is 5. The van der Waals surface area contributed by atoms with E-state index in [9.17, 15) is 21.6 Å². The van der Waals surface area contributed by atoms with Crippen molar-refractivity contribution in [3.63, 3.8) is 0 Å². The Kier molecular flexibility index (Phi) is 4.17. The summed E-state index contributed by atoms with van der Waals surface area (Å²) >= 11 is 0. The Morgan fingerprint density at radius 2 is 1.77 bits per heavy atom. The van der Waals surface area contributed by atoms with Crippen LogP contribution in [0.1, 0.15) is 19.3 Å². The molecule has 4 nitrogen and oxygen atoms in total. The van der Waals surface area contributed by atoms with E-state index < -0.39 is 32.4 Å². The molecule has 8 heteroatoms. The molecule has 1 aliphatic heterocycles. The van der Waals surface area contributed by atoms with Crippen molar-refractivity contribution in [1.82, 2.24) is 4.31 Å². The van der Waals surface area contributed by atoms with Gasteiger partial charge >= 0.3 is 0 Å². The lowest BCUT2D eigenvalue weighted by atomic mass is 10.1. The second-order valence-corrected chi connectivity index (χ2v) is 7.59. The maximum atomic E-state index is 13.8. The summed E-state index contributed by atoms with van der Waals surface area (Å²) < 4.78 is 71.9. The van der Waals surface area contributed by atoms with Crippen LogP contribution in [-0.4, -0.2) is 38.5 Å². The standard InChI is InChI=1S/C14H16F3NO3S/c15-11-5-13(17)14(6-12(11)16)22(19,20)18(10-1-2-10)7-9-3-4-21-8-9/h5-6,9-10H,1-4,7-8H2/t9-/m0/s1. The molecule has 1 aromatic carbocycles. The van der Waals surface area contributed by atoms with Crippen LogP contribution in [0.15, 0.2) is 17.0 Å². The molecule has 1 heterocycles. The van der Waals surface area contributed by atoms with E-state index in [2.05, 4.69) is 0 Å². The Balaban J connectivity index is 1.93. The van der Waals surface area contributed by atoms with Crippen LogP contribution >= 0.6 is 0 Å². The highest BCUT2D eigenvalue weighted by Crippen LogP contribution is 2.34. The van der Waals surface area contributed by atoms with Crippen molar-refractivity contribution in [3.05, 3.63) is 29.6 Å². The van der Waals surface area contributed by atoms with Gasteiger partial charge in [-0.2, -0.15) is 4.31 Å². The zero-order valence-corrected chi connectivity index (χ0v) is 12.6. The molecule has 1 aliphatic carbocycles. The number of benzene rings is 1. The van der Waals surface area contributed by atoms with Gasteiger partial charge in [-0.3, -0.25) is 0 Å². The first kappa shape index (κ1) is 15.8. The summed E-state index contributed by atoms with van der Waals surface area (Å²) in [6.07, 6.45) is 2.12. The maximum absolute atomic E-state index is 13.8. The molecule has 1 atom stereocenters. The molecule has 22 heavy (non-hydrogen) atoms. The average molecular weight is 335 g/mol. The smallest absolute Gasteiger partial charge is 0.246 e. The van der Waals surface area contributed by atoms with Crippen molar-refractivity contribution < 1.29 is 26.3 Å². The van der Waals surface area contributed by atoms with Crippen LogP contribution in [0.3, 0.4) is 0 Å². The molecule has 1 saturated heterocycles. The third-order valence-electron chi connectivity index (χ3n) is 3.98. The van der Waals surface area contributed by atoms with Crippen LogP contribution < -0.4 is 0 Å². The number of hydrogen-bond acceptors (Lipinski definition) is 3. The normalized spacial score (nSPS) is 22.5. The van der Waals surface area contributed by atoms with Gasteiger partial charge in [0.15, 0.2) is 11.6 Å². The van der Waals surface area contributed by atoms with Crippen LogP contribution in [0.25, 0.3) is 0 Å². The monoisotopic (exact) mass is 335 g/mol. The Hall–Kier alpha value is -1.12. The van der Waals surface area contributed by atoms with E-state index in [1.807, 2.05) is 0 Å². The molecule has 0 unspecified atom stereocenters. The van der Waals surface area contributed by atoms with Gasteiger partial charge in [0.2, 0.25) is 10.0 Å². The summed E-state index contributed by atoms with van der Waals surface area (Å²) in [4.78, 5) is -0.808. The van der Waals surface area contributed by atoms with Crippen molar-refractivity contribution in [2.24, 2.45) is 5.92 Å². The number of ether oxygens (including phenoxy) is 1. The molecule has 0 amide bonds. The zero-order chi connectivity index (χ0) is 15.9. The lowest BCUT2D eigenvalue weighted by Gasteiger charge is -2.24. The van der Waals surface area contributed by atoms with Gasteiger partial charge in [0.25, 0.3) is 0 Å². The fourth-order valence-electron chi connectivity index (χ4n) is 2.62. The van der Waals surface area contributed by atoms with E-state index >= 15 is 0 Å². The Bertz CT molecular complexity index is 670. The summed E-state index contributed by atoms with van der Waals surface area (Å²) in [5.41, 5.74) is 0. The average Bonchev–Trinajstić information content (AvgIpc) is 3.16. The number of sulfonamides is 1. The fraction of sp³-hybridized carbons (Fsp3) is 0.571. The lowest BCUT2D eigenvalue weighted by molar-refractivity contribution is 0.180. The first-order valence-electron chi connectivity index (χ1n) is 7.13. The van der Waals surface area contributed by atoms with E-state index in [0.29, 0.717) is 32.1 Å². The Morgan fingerprint density at radius 3 is 2.36 bits per heavy atom. The van der Waals surface area contributed by atoms with Gasteiger partial charge in [0.05, 0.1) is 6.61 Å². The van der Waals surface area contributed by atoms with Crippen molar-refractivity contribution in [1.29, 1.82) is 0 Å². The molecule has 122 valence electrons. The highest BCUT2D eigenvalue weighted by atomic mass is 32.2. The van der Waals surface area contributed by atoms with Gasteiger partial charge in [0, 0.05) is 25.3 Å². The molecule has 2 aliphatic rings. The Morgan fingerprint density at radius 1 is 1.09 bits per heavy atom. The highest BCUT2D eigenvalue weighted by molar-refractivity contribution is 7.89.